The Morgan fingerprint density at radius 1 is 1.27 bits per heavy atom. The fraction of sp³-hybridized carbons (Fsp3) is 0.364. The van der Waals surface area contributed by atoms with Gasteiger partial charge in [0, 0.05) is 0 Å². The molecule has 0 unspecified atom stereocenters. The van der Waals surface area contributed by atoms with E-state index in [1.165, 1.54) is 0 Å². The highest BCUT2D eigenvalue weighted by molar-refractivity contribution is 5.91. The van der Waals surface area contributed by atoms with Crippen LogP contribution in [0.2, 0.25) is 0 Å². The summed E-state index contributed by atoms with van der Waals surface area (Å²) < 4.78 is 10.4. The van der Waals surface area contributed by atoms with Gasteiger partial charge in [-0.1, -0.05) is 0 Å². The Morgan fingerprint density at radius 3 is 2.53 bits per heavy atom. The molecule has 0 aromatic heterocycles. The van der Waals surface area contributed by atoms with Crippen LogP contribution in [-0.2, 0) is 0 Å². The number of carboxylic acid groups (broad SMARTS) is 1. The van der Waals surface area contributed by atoms with Gasteiger partial charge >= 0.3 is 5.97 Å². The van der Waals surface area contributed by atoms with Crippen LogP contribution in [0.4, 0.5) is 0 Å². The maximum absolute atomic E-state index is 11.1. The number of ether oxygens (including phenoxy) is 2. The van der Waals surface area contributed by atoms with Gasteiger partial charge in [-0.25, -0.2) is 4.79 Å². The number of rotatable bonds is 2. The van der Waals surface area contributed by atoms with Crippen molar-refractivity contribution in [2.75, 3.05) is 6.79 Å². The standard InChI is InChI=1S/C11H10O4/c12-11(13)8-4-10-9(14-5-15-10)3-7(8)6-1-2-6/h3-4,6H,1-2,5H2,(H,12,13). The van der Waals surface area contributed by atoms with E-state index in [0.717, 1.165) is 18.4 Å². The van der Waals surface area contributed by atoms with Gasteiger partial charge in [-0.3, -0.25) is 0 Å². The Morgan fingerprint density at radius 2 is 1.93 bits per heavy atom. The smallest absolute Gasteiger partial charge is 0.336 e. The number of hydrogen-bond donors (Lipinski definition) is 1. The second kappa shape index (κ2) is 2.89. The van der Waals surface area contributed by atoms with E-state index in [1.54, 1.807) is 6.07 Å². The third-order valence-electron chi connectivity index (χ3n) is 2.79. The molecule has 0 saturated heterocycles. The first-order valence-corrected chi connectivity index (χ1v) is 4.92. The van der Waals surface area contributed by atoms with E-state index in [1.807, 2.05) is 6.07 Å². The summed E-state index contributed by atoms with van der Waals surface area (Å²) in [7, 11) is 0. The zero-order valence-corrected chi connectivity index (χ0v) is 8.03. The zero-order chi connectivity index (χ0) is 10.4. The van der Waals surface area contributed by atoms with E-state index >= 15 is 0 Å². The van der Waals surface area contributed by atoms with Crippen molar-refractivity contribution in [3.63, 3.8) is 0 Å². The minimum absolute atomic E-state index is 0.183. The van der Waals surface area contributed by atoms with Crippen molar-refractivity contribution in [3.05, 3.63) is 23.3 Å². The van der Waals surface area contributed by atoms with Crippen molar-refractivity contribution < 1.29 is 19.4 Å². The molecule has 0 atom stereocenters. The van der Waals surface area contributed by atoms with E-state index in [9.17, 15) is 4.79 Å². The molecule has 1 aromatic carbocycles. The molecule has 1 fully saturated rings. The number of hydrogen-bond acceptors (Lipinski definition) is 3. The minimum atomic E-state index is -0.893. The molecule has 4 nitrogen and oxygen atoms in total. The quantitative estimate of drug-likeness (QED) is 0.803. The largest absolute Gasteiger partial charge is 0.478 e. The normalized spacial score (nSPS) is 17.9. The second-order valence-corrected chi connectivity index (χ2v) is 3.87. The third kappa shape index (κ3) is 1.33. The van der Waals surface area contributed by atoms with E-state index in [0.29, 0.717) is 23.0 Å². The average Bonchev–Trinajstić information content (AvgIpc) is 2.95. The average molecular weight is 206 g/mol. The highest BCUT2D eigenvalue weighted by Crippen LogP contribution is 2.46. The van der Waals surface area contributed by atoms with Crippen LogP contribution in [-0.4, -0.2) is 17.9 Å². The summed E-state index contributed by atoms with van der Waals surface area (Å²) in [6.45, 7) is 0.183. The maximum atomic E-state index is 11.1. The molecular formula is C11H10O4. The second-order valence-electron chi connectivity index (χ2n) is 3.87. The highest BCUT2D eigenvalue weighted by atomic mass is 16.7. The summed E-state index contributed by atoms with van der Waals surface area (Å²) in [5, 5.41) is 9.08. The number of benzene rings is 1. The first-order chi connectivity index (χ1) is 7.25. The van der Waals surface area contributed by atoms with Crippen LogP contribution < -0.4 is 9.47 Å². The Hall–Kier alpha value is -1.71. The molecule has 1 aromatic rings. The van der Waals surface area contributed by atoms with Crippen molar-refractivity contribution in [3.8, 4) is 11.5 Å². The summed E-state index contributed by atoms with van der Waals surface area (Å²) >= 11 is 0. The van der Waals surface area contributed by atoms with Crippen molar-refractivity contribution in [1.82, 2.24) is 0 Å². The molecule has 1 N–H and O–H groups in total. The number of carbonyl (C=O) groups is 1. The first-order valence-electron chi connectivity index (χ1n) is 4.92. The number of aromatic carboxylic acids is 1. The Balaban J connectivity index is 2.14. The Kier molecular flexibility index (Phi) is 1.65. The molecule has 3 rings (SSSR count). The fourth-order valence-corrected chi connectivity index (χ4v) is 1.88. The monoisotopic (exact) mass is 206 g/mol. The van der Waals surface area contributed by atoms with Crippen LogP contribution in [0, 0.1) is 0 Å². The molecule has 78 valence electrons. The molecule has 1 aliphatic heterocycles. The van der Waals surface area contributed by atoms with Crippen molar-refractivity contribution >= 4 is 5.97 Å². The van der Waals surface area contributed by atoms with Crippen LogP contribution in [0.1, 0.15) is 34.7 Å². The van der Waals surface area contributed by atoms with Gasteiger partial charge in [0.15, 0.2) is 11.5 Å². The zero-order valence-electron chi connectivity index (χ0n) is 8.03. The maximum Gasteiger partial charge on any atom is 0.336 e. The lowest BCUT2D eigenvalue weighted by Gasteiger charge is -2.06. The molecule has 15 heavy (non-hydrogen) atoms. The van der Waals surface area contributed by atoms with Gasteiger partial charge in [0.25, 0.3) is 0 Å². The Bertz CT molecular complexity index is 434. The third-order valence-corrected chi connectivity index (χ3v) is 2.79. The predicted octanol–water partition coefficient (Wildman–Crippen LogP) is 1.99. The van der Waals surface area contributed by atoms with Crippen LogP contribution in [0.5, 0.6) is 11.5 Å². The molecule has 0 spiro atoms. The molecule has 1 aliphatic carbocycles. The van der Waals surface area contributed by atoms with Crippen LogP contribution in [0.15, 0.2) is 12.1 Å². The number of fused-ring (bicyclic) bond motifs is 1. The Labute approximate surface area is 86.4 Å². The first kappa shape index (κ1) is 8.59. The lowest BCUT2D eigenvalue weighted by atomic mass is 10.0. The van der Waals surface area contributed by atoms with Gasteiger partial charge in [-0.2, -0.15) is 0 Å². The summed E-state index contributed by atoms with van der Waals surface area (Å²) in [5.74, 6) is 0.708. The van der Waals surface area contributed by atoms with Gasteiger partial charge < -0.3 is 14.6 Å². The van der Waals surface area contributed by atoms with Crippen molar-refractivity contribution in [2.45, 2.75) is 18.8 Å². The minimum Gasteiger partial charge on any atom is -0.478 e. The predicted molar refractivity (Wildman–Crippen MR) is 51.5 cm³/mol. The summed E-state index contributed by atoms with van der Waals surface area (Å²) in [6.07, 6.45) is 2.14. The van der Waals surface area contributed by atoms with Crippen LogP contribution >= 0.6 is 0 Å². The molecule has 1 heterocycles. The van der Waals surface area contributed by atoms with E-state index in [2.05, 4.69) is 0 Å². The van der Waals surface area contributed by atoms with Crippen LogP contribution in [0.3, 0.4) is 0 Å². The van der Waals surface area contributed by atoms with Crippen LogP contribution in [0.25, 0.3) is 0 Å². The van der Waals surface area contributed by atoms with Gasteiger partial charge in [-0.05, 0) is 36.5 Å². The lowest BCUT2D eigenvalue weighted by molar-refractivity contribution is 0.0695. The van der Waals surface area contributed by atoms with Gasteiger partial charge in [0.05, 0.1) is 5.56 Å². The van der Waals surface area contributed by atoms with E-state index in [-0.39, 0.29) is 6.79 Å². The molecule has 1 saturated carbocycles. The molecule has 0 radical (unpaired) electrons. The summed E-state index contributed by atoms with van der Waals surface area (Å²) in [4.78, 5) is 11.1. The molecule has 2 aliphatic rings. The molecular weight excluding hydrogens is 196 g/mol. The van der Waals surface area contributed by atoms with Gasteiger partial charge in [0.2, 0.25) is 6.79 Å². The van der Waals surface area contributed by atoms with Crippen molar-refractivity contribution in [1.29, 1.82) is 0 Å². The van der Waals surface area contributed by atoms with Gasteiger partial charge in [-0.15, -0.1) is 0 Å². The summed E-state index contributed by atoms with van der Waals surface area (Å²) in [5.41, 5.74) is 1.23. The SMILES string of the molecule is O=C(O)c1cc2c(cc1C1CC1)OCO2. The van der Waals surface area contributed by atoms with Crippen molar-refractivity contribution in [2.24, 2.45) is 0 Å². The summed E-state index contributed by atoms with van der Waals surface area (Å²) in [6, 6.07) is 3.38. The highest BCUT2D eigenvalue weighted by Gasteiger charge is 2.30. The van der Waals surface area contributed by atoms with E-state index < -0.39 is 5.97 Å². The number of carboxylic acids is 1. The molecule has 0 bridgehead atoms. The van der Waals surface area contributed by atoms with Gasteiger partial charge in [0.1, 0.15) is 0 Å². The topological polar surface area (TPSA) is 55.8 Å². The molecule has 4 heteroatoms. The molecule has 0 amide bonds. The fourth-order valence-electron chi connectivity index (χ4n) is 1.88. The van der Waals surface area contributed by atoms with E-state index in [4.69, 9.17) is 14.6 Å². The lowest BCUT2D eigenvalue weighted by Crippen LogP contribution is -2.01.